The largest absolute Gasteiger partial charge is 0.468 e. The molecule has 1 aliphatic heterocycles. The summed E-state index contributed by atoms with van der Waals surface area (Å²) >= 11 is 5.74. The van der Waals surface area contributed by atoms with Gasteiger partial charge in [-0.15, -0.1) is 0 Å². The van der Waals surface area contributed by atoms with Gasteiger partial charge in [-0.05, 0) is 43.2 Å². The van der Waals surface area contributed by atoms with Crippen LogP contribution in [0.25, 0.3) is 0 Å². The van der Waals surface area contributed by atoms with Crippen LogP contribution in [0.2, 0.25) is 5.02 Å². The van der Waals surface area contributed by atoms with Gasteiger partial charge < -0.3 is 9.15 Å². The minimum absolute atomic E-state index is 0.0570. The minimum atomic E-state index is -3.86. The summed E-state index contributed by atoms with van der Waals surface area (Å²) in [5.74, 6) is -0.142. The predicted octanol–water partition coefficient (Wildman–Crippen LogP) is 3.44. The van der Waals surface area contributed by atoms with Crippen molar-refractivity contribution in [2.24, 2.45) is 0 Å². The highest BCUT2D eigenvalue weighted by molar-refractivity contribution is 7.89. The van der Waals surface area contributed by atoms with Crippen molar-refractivity contribution in [2.75, 3.05) is 13.2 Å². The first-order chi connectivity index (χ1) is 11.5. The second-order valence-electron chi connectivity index (χ2n) is 5.59. The van der Waals surface area contributed by atoms with E-state index in [2.05, 4.69) is 0 Å². The van der Waals surface area contributed by atoms with Crippen LogP contribution in [0.4, 0.5) is 4.39 Å². The second-order valence-corrected chi connectivity index (χ2v) is 7.93. The van der Waals surface area contributed by atoms with E-state index in [1.807, 2.05) is 0 Å². The monoisotopic (exact) mass is 373 g/mol. The van der Waals surface area contributed by atoms with Crippen LogP contribution in [0, 0.1) is 5.82 Å². The smallest absolute Gasteiger partial charge is 0.243 e. The fraction of sp³-hybridized carbons (Fsp3) is 0.375. The summed E-state index contributed by atoms with van der Waals surface area (Å²) in [4.78, 5) is -0.0570. The zero-order valence-corrected chi connectivity index (χ0v) is 14.4. The highest BCUT2D eigenvalue weighted by Crippen LogP contribution is 2.25. The van der Waals surface area contributed by atoms with Gasteiger partial charge in [0.15, 0.2) is 0 Å². The van der Waals surface area contributed by atoms with E-state index >= 15 is 0 Å². The van der Waals surface area contributed by atoms with Gasteiger partial charge in [-0.2, -0.15) is 4.31 Å². The molecular formula is C16H17ClFNO4S. The average Bonchev–Trinajstić information content (AvgIpc) is 3.23. The van der Waals surface area contributed by atoms with Gasteiger partial charge in [-0.25, -0.2) is 12.8 Å². The quantitative estimate of drug-likeness (QED) is 0.778. The van der Waals surface area contributed by atoms with Gasteiger partial charge in [0.2, 0.25) is 10.0 Å². The van der Waals surface area contributed by atoms with Gasteiger partial charge >= 0.3 is 0 Å². The molecule has 1 saturated heterocycles. The molecule has 1 fully saturated rings. The number of ether oxygens (including phenoxy) is 1. The first kappa shape index (κ1) is 17.4. The summed E-state index contributed by atoms with van der Waals surface area (Å²) in [7, 11) is -3.86. The van der Waals surface area contributed by atoms with E-state index in [1.165, 1.54) is 16.6 Å². The number of furan rings is 1. The molecule has 0 amide bonds. The topological polar surface area (TPSA) is 59.8 Å². The average molecular weight is 374 g/mol. The Morgan fingerprint density at radius 3 is 2.79 bits per heavy atom. The van der Waals surface area contributed by atoms with Crippen molar-refractivity contribution in [3.8, 4) is 0 Å². The molecule has 0 saturated carbocycles. The zero-order chi connectivity index (χ0) is 17.2. The van der Waals surface area contributed by atoms with Crippen LogP contribution in [0.1, 0.15) is 18.6 Å². The first-order valence-electron chi connectivity index (χ1n) is 7.56. The Kier molecular flexibility index (Phi) is 5.24. The fourth-order valence-corrected chi connectivity index (χ4v) is 4.34. The number of rotatable bonds is 6. The predicted molar refractivity (Wildman–Crippen MR) is 86.7 cm³/mol. The van der Waals surface area contributed by atoms with Crippen LogP contribution in [0.15, 0.2) is 45.9 Å². The molecule has 8 heteroatoms. The van der Waals surface area contributed by atoms with Crippen LogP contribution in [-0.4, -0.2) is 32.0 Å². The molecule has 1 aromatic heterocycles. The Labute approximate surface area is 145 Å². The number of nitrogens with zero attached hydrogens (tertiary/aromatic N) is 1. The Balaban J connectivity index is 1.90. The van der Waals surface area contributed by atoms with Crippen LogP contribution in [-0.2, 0) is 21.3 Å². The SMILES string of the molecule is O=S(=O)(c1ccc(F)c(Cl)c1)N(Cc1ccco1)CC1CCCO1. The Morgan fingerprint density at radius 2 is 2.17 bits per heavy atom. The van der Waals surface area contributed by atoms with E-state index in [0.29, 0.717) is 12.4 Å². The maximum Gasteiger partial charge on any atom is 0.243 e. The lowest BCUT2D eigenvalue weighted by molar-refractivity contribution is 0.0914. The number of benzene rings is 1. The maximum atomic E-state index is 13.3. The lowest BCUT2D eigenvalue weighted by Gasteiger charge is -2.24. The Bertz CT molecular complexity index is 788. The molecule has 1 aromatic carbocycles. The highest BCUT2D eigenvalue weighted by atomic mass is 35.5. The van der Waals surface area contributed by atoms with Crippen LogP contribution >= 0.6 is 11.6 Å². The third-order valence-electron chi connectivity index (χ3n) is 3.87. The van der Waals surface area contributed by atoms with Crippen LogP contribution in [0.3, 0.4) is 0 Å². The van der Waals surface area contributed by atoms with Gasteiger partial charge in [0, 0.05) is 13.2 Å². The summed E-state index contributed by atoms with van der Waals surface area (Å²) < 4.78 is 51.4. The Hall–Kier alpha value is -1.41. The van der Waals surface area contributed by atoms with E-state index in [4.69, 9.17) is 20.8 Å². The molecule has 130 valence electrons. The summed E-state index contributed by atoms with van der Waals surface area (Å²) in [5.41, 5.74) is 0. The molecule has 0 radical (unpaired) electrons. The second kappa shape index (κ2) is 7.23. The van der Waals surface area contributed by atoms with Crippen molar-refractivity contribution in [2.45, 2.75) is 30.4 Å². The van der Waals surface area contributed by atoms with E-state index in [9.17, 15) is 12.8 Å². The molecule has 0 bridgehead atoms. The molecule has 1 aliphatic rings. The van der Waals surface area contributed by atoms with Crippen molar-refractivity contribution in [1.29, 1.82) is 0 Å². The van der Waals surface area contributed by atoms with Gasteiger partial charge in [0.25, 0.3) is 0 Å². The molecule has 5 nitrogen and oxygen atoms in total. The molecule has 3 rings (SSSR count). The van der Waals surface area contributed by atoms with Gasteiger partial charge in [0.05, 0.1) is 28.8 Å². The summed E-state index contributed by atoms with van der Waals surface area (Å²) in [6.45, 7) is 0.907. The van der Waals surface area contributed by atoms with Crippen molar-refractivity contribution >= 4 is 21.6 Å². The van der Waals surface area contributed by atoms with Gasteiger partial charge in [0.1, 0.15) is 11.6 Å². The van der Waals surface area contributed by atoms with E-state index in [0.717, 1.165) is 25.0 Å². The molecule has 1 unspecified atom stereocenters. The first-order valence-corrected chi connectivity index (χ1v) is 9.38. The summed E-state index contributed by atoms with van der Waals surface area (Å²) in [6, 6.07) is 6.78. The van der Waals surface area contributed by atoms with Crippen molar-refractivity contribution < 1.29 is 22.0 Å². The van der Waals surface area contributed by atoms with Gasteiger partial charge in [-0.1, -0.05) is 11.6 Å². The van der Waals surface area contributed by atoms with Crippen LogP contribution in [0.5, 0.6) is 0 Å². The molecular weight excluding hydrogens is 357 g/mol. The molecule has 0 N–H and O–H groups in total. The molecule has 24 heavy (non-hydrogen) atoms. The molecule has 2 aromatic rings. The summed E-state index contributed by atoms with van der Waals surface area (Å²) in [5, 5.41) is -0.230. The minimum Gasteiger partial charge on any atom is -0.468 e. The standard InChI is InChI=1S/C16H17ClFNO4S/c17-15-9-14(5-6-16(15)18)24(20,21)19(10-12-3-1-7-22-12)11-13-4-2-8-23-13/h1,3,5-7,9,13H,2,4,8,10-11H2. The van der Waals surface area contributed by atoms with E-state index in [-0.39, 0.29) is 29.1 Å². The van der Waals surface area contributed by atoms with E-state index < -0.39 is 15.8 Å². The molecule has 0 spiro atoms. The van der Waals surface area contributed by atoms with Crippen LogP contribution < -0.4 is 0 Å². The van der Waals surface area contributed by atoms with Crippen molar-refractivity contribution in [3.63, 3.8) is 0 Å². The third kappa shape index (κ3) is 3.80. The van der Waals surface area contributed by atoms with Crippen molar-refractivity contribution in [3.05, 3.63) is 53.2 Å². The molecule has 2 heterocycles. The van der Waals surface area contributed by atoms with Gasteiger partial charge in [-0.3, -0.25) is 0 Å². The summed E-state index contributed by atoms with van der Waals surface area (Å²) in [6.07, 6.45) is 3.03. The number of hydrogen-bond donors (Lipinski definition) is 0. The lowest BCUT2D eigenvalue weighted by Crippen LogP contribution is -2.36. The maximum absolute atomic E-state index is 13.3. The Morgan fingerprint density at radius 1 is 1.33 bits per heavy atom. The zero-order valence-electron chi connectivity index (χ0n) is 12.8. The van der Waals surface area contributed by atoms with Crippen molar-refractivity contribution in [1.82, 2.24) is 4.31 Å². The number of hydrogen-bond acceptors (Lipinski definition) is 4. The lowest BCUT2D eigenvalue weighted by atomic mass is 10.2. The highest BCUT2D eigenvalue weighted by Gasteiger charge is 2.30. The fourth-order valence-electron chi connectivity index (χ4n) is 2.63. The van der Waals surface area contributed by atoms with E-state index in [1.54, 1.807) is 12.1 Å². The number of sulfonamides is 1. The molecule has 0 aliphatic carbocycles. The normalized spacial score (nSPS) is 18.4. The molecule has 1 atom stereocenters. The number of halogens is 2. The third-order valence-corrected chi connectivity index (χ3v) is 5.97.